The lowest BCUT2D eigenvalue weighted by Gasteiger charge is -2.17. The largest absolute Gasteiger partial charge is 0.449 e. The Bertz CT molecular complexity index is 442. The number of aryl methyl sites for hydroxylation is 1. The summed E-state index contributed by atoms with van der Waals surface area (Å²) in [5.74, 6) is 0. The normalized spacial score (nSPS) is 11.8. The van der Waals surface area contributed by atoms with Crippen LogP contribution in [0.15, 0.2) is 29.2 Å². The van der Waals surface area contributed by atoms with E-state index in [2.05, 4.69) is 0 Å². The smallest absolute Gasteiger partial charge is 0.301 e. The van der Waals surface area contributed by atoms with Crippen LogP contribution in [0.1, 0.15) is 5.56 Å². The first-order valence-electron chi connectivity index (χ1n) is 5.05. The van der Waals surface area contributed by atoms with Crippen molar-refractivity contribution in [3.05, 3.63) is 29.8 Å². The fourth-order valence-corrected chi connectivity index (χ4v) is 2.61. The van der Waals surface area contributed by atoms with E-state index in [0.717, 1.165) is 9.87 Å². The maximum Gasteiger partial charge on any atom is 0.301 e. The molecule has 0 aliphatic heterocycles. The third-order valence-corrected chi connectivity index (χ3v) is 4.09. The minimum atomic E-state index is -3.48. The monoisotopic (exact) mass is 241 g/mol. The number of nitrogens with zero attached hydrogens (tertiary/aromatic N) is 1. The number of hydrogen-bond donors (Lipinski definition) is 1. The van der Waals surface area contributed by atoms with Crippen LogP contribution >= 0.6 is 0 Å². The molecule has 0 spiro atoms. The molecule has 16 heavy (non-hydrogen) atoms. The Hall–Kier alpha value is -0.845. The van der Waals surface area contributed by atoms with Crippen LogP contribution < -0.4 is 0 Å². The molecule has 0 radical (unpaired) electrons. The van der Waals surface area contributed by atoms with E-state index in [0.29, 0.717) is 0 Å². The lowest BCUT2D eigenvalue weighted by Crippen LogP contribution is -2.35. The Balaban J connectivity index is 2.97. The molecule has 0 saturated heterocycles. The van der Waals surface area contributed by atoms with Gasteiger partial charge in [-0.3, -0.25) is 0 Å². The first kappa shape index (κ1) is 13.2. The molecule has 1 aromatic carbocycles. The molecule has 0 amide bonds. The lowest BCUT2D eigenvalue weighted by molar-refractivity contribution is 0.482. The van der Waals surface area contributed by atoms with Gasteiger partial charge in [-0.2, -0.15) is 0 Å². The van der Waals surface area contributed by atoms with E-state index in [9.17, 15) is 13.4 Å². The second kappa shape index (κ2) is 4.99. The molecule has 4 nitrogen and oxygen atoms in total. The van der Waals surface area contributed by atoms with E-state index in [-0.39, 0.29) is 11.3 Å². The standard InChI is InChI=1S/C10H16BNO3S/c1-9-4-6-10(7-5-9)16(14,15)12(3)8-11(2)13/h4-7,13H,8H2,1-3H3. The fourth-order valence-electron chi connectivity index (χ4n) is 1.36. The summed E-state index contributed by atoms with van der Waals surface area (Å²) in [6.07, 6.45) is 0.0935. The molecule has 0 aromatic heterocycles. The molecular weight excluding hydrogens is 225 g/mol. The quantitative estimate of drug-likeness (QED) is 0.792. The predicted molar refractivity (Wildman–Crippen MR) is 64.8 cm³/mol. The number of sulfonamides is 1. The summed E-state index contributed by atoms with van der Waals surface area (Å²) in [4.78, 5) is 0.251. The zero-order valence-corrected chi connectivity index (χ0v) is 10.5. The molecule has 0 aliphatic rings. The van der Waals surface area contributed by atoms with Crippen LogP contribution in [-0.4, -0.2) is 38.2 Å². The van der Waals surface area contributed by atoms with Crippen molar-refractivity contribution in [2.45, 2.75) is 18.6 Å². The van der Waals surface area contributed by atoms with Crippen LogP contribution in [0.2, 0.25) is 6.82 Å². The number of rotatable bonds is 4. The minimum absolute atomic E-state index is 0.0935. The van der Waals surface area contributed by atoms with Crippen LogP contribution in [0.5, 0.6) is 0 Å². The summed E-state index contributed by atoms with van der Waals surface area (Å²) in [7, 11) is -2.02. The highest BCUT2D eigenvalue weighted by Crippen LogP contribution is 2.14. The molecule has 1 aromatic rings. The van der Waals surface area contributed by atoms with Gasteiger partial charge in [0.25, 0.3) is 0 Å². The van der Waals surface area contributed by atoms with Gasteiger partial charge in [-0.15, -0.1) is 0 Å². The van der Waals surface area contributed by atoms with Crippen molar-refractivity contribution in [1.29, 1.82) is 0 Å². The van der Waals surface area contributed by atoms with Crippen LogP contribution in [0, 0.1) is 6.92 Å². The maximum atomic E-state index is 12.0. The molecule has 0 bridgehead atoms. The molecule has 0 aliphatic carbocycles. The van der Waals surface area contributed by atoms with E-state index in [1.165, 1.54) is 7.05 Å². The summed E-state index contributed by atoms with van der Waals surface area (Å²) in [6.45, 7) is 2.78. The van der Waals surface area contributed by atoms with Gasteiger partial charge in [-0.05, 0) is 19.1 Å². The van der Waals surface area contributed by atoms with E-state index in [1.807, 2.05) is 6.92 Å². The van der Waals surface area contributed by atoms with Crippen LogP contribution in [0.25, 0.3) is 0 Å². The highest BCUT2D eigenvalue weighted by molar-refractivity contribution is 7.89. The molecule has 0 saturated carbocycles. The van der Waals surface area contributed by atoms with Gasteiger partial charge in [-0.1, -0.05) is 24.5 Å². The molecule has 1 rings (SSSR count). The van der Waals surface area contributed by atoms with Crippen LogP contribution in [-0.2, 0) is 10.0 Å². The predicted octanol–water partition coefficient (Wildman–Crippen LogP) is 0.768. The molecule has 0 fully saturated rings. The van der Waals surface area contributed by atoms with Crippen molar-refractivity contribution in [2.75, 3.05) is 13.5 Å². The zero-order valence-electron chi connectivity index (χ0n) is 9.71. The Labute approximate surface area is 97.1 Å². The van der Waals surface area contributed by atoms with Crippen molar-refractivity contribution in [2.24, 2.45) is 0 Å². The second-order valence-electron chi connectivity index (χ2n) is 3.95. The van der Waals surface area contributed by atoms with Gasteiger partial charge < -0.3 is 5.02 Å². The van der Waals surface area contributed by atoms with Crippen LogP contribution in [0.4, 0.5) is 0 Å². The molecule has 6 heteroatoms. The van der Waals surface area contributed by atoms with Gasteiger partial charge in [0.15, 0.2) is 0 Å². The Morgan fingerprint density at radius 2 is 1.81 bits per heavy atom. The minimum Gasteiger partial charge on any atom is -0.449 e. The third kappa shape index (κ3) is 3.07. The van der Waals surface area contributed by atoms with E-state index < -0.39 is 16.9 Å². The van der Waals surface area contributed by atoms with Crippen molar-refractivity contribution < 1.29 is 13.4 Å². The van der Waals surface area contributed by atoms with Gasteiger partial charge in [0.1, 0.15) is 0 Å². The molecule has 0 unspecified atom stereocenters. The molecule has 0 atom stereocenters. The maximum absolute atomic E-state index is 12.0. The van der Waals surface area contributed by atoms with Crippen molar-refractivity contribution in [1.82, 2.24) is 4.31 Å². The van der Waals surface area contributed by atoms with Gasteiger partial charge in [-0.25, -0.2) is 12.7 Å². The van der Waals surface area contributed by atoms with Gasteiger partial charge in [0.2, 0.25) is 10.0 Å². The van der Waals surface area contributed by atoms with Gasteiger partial charge in [0.05, 0.1) is 4.90 Å². The fraction of sp³-hybridized carbons (Fsp3) is 0.400. The van der Waals surface area contributed by atoms with Crippen LogP contribution in [0.3, 0.4) is 0 Å². The average molecular weight is 241 g/mol. The Morgan fingerprint density at radius 1 is 1.31 bits per heavy atom. The number of benzene rings is 1. The Morgan fingerprint density at radius 3 is 2.25 bits per heavy atom. The summed E-state index contributed by atoms with van der Waals surface area (Å²) in [5, 5.41) is 9.17. The van der Waals surface area contributed by atoms with Crippen molar-refractivity contribution >= 4 is 16.9 Å². The lowest BCUT2D eigenvalue weighted by atomic mass is 9.72. The second-order valence-corrected chi connectivity index (χ2v) is 5.99. The molecule has 1 N–H and O–H groups in total. The van der Waals surface area contributed by atoms with Gasteiger partial charge in [0, 0.05) is 13.5 Å². The molecular formula is C10H16BNO3S. The van der Waals surface area contributed by atoms with E-state index in [4.69, 9.17) is 0 Å². The van der Waals surface area contributed by atoms with E-state index in [1.54, 1.807) is 31.1 Å². The highest BCUT2D eigenvalue weighted by Gasteiger charge is 2.22. The van der Waals surface area contributed by atoms with E-state index >= 15 is 0 Å². The van der Waals surface area contributed by atoms with Crippen molar-refractivity contribution in [3.8, 4) is 0 Å². The first-order chi connectivity index (χ1) is 7.34. The summed E-state index contributed by atoms with van der Waals surface area (Å²) >= 11 is 0. The Kier molecular flexibility index (Phi) is 4.12. The average Bonchev–Trinajstić information content (AvgIpc) is 2.17. The first-order valence-corrected chi connectivity index (χ1v) is 6.49. The topological polar surface area (TPSA) is 57.6 Å². The SMILES string of the molecule is CB(O)CN(C)S(=O)(=O)c1ccc(C)cc1. The van der Waals surface area contributed by atoms with Crippen molar-refractivity contribution in [3.63, 3.8) is 0 Å². The summed E-state index contributed by atoms with van der Waals surface area (Å²) < 4.78 is 25.1. The zero-order chi connectivity index (χ0) is 12.3. The molecule has 88 valence electrons. The summed E-state index contributed by atoms with van der Waals surface area (Å²) in [6, 6.07) is 6.65. The summed E-state index contributed by atoms with van der Waals surface area (Å²) in [5.41, 5.74) is 1.01. The molecule has 0 heterocycles. The van der Waals surface area contributed by atoms with Gasteiger partial charge >= 0.3 is 6.92 Å². The third-order valence-electron chi connectivity index (χ3n) is 2.25. The highest BCUT2D eigenvalue weighted by atomic mass is 32.2. The number of hydrogen-bond acceptors (Lipinski definition) is 3.